The van der Waals surface area contributed by atoms with Gasteiger partial charge in [-0.2, -0.15) is 5.10 Å². The number of rotatable bonds is 7. The summed E-state index contributed by atoms with van der Waals surface area (Å²) in [6, 6.07) is 4.01. The van der Waals surface area contributed by atoms with Crippen LogP contribution < -0.4 is 5.56 Å². The fraction of sp³-hybridized carbons (Fsp3) is 0.526. The number of fused-ring (bicyclic) bond motifs is 3. The standard InChI is InChI=1S/C19H26N4O2S/c1-5-8-21(9-6-2)18(24)12-22-19(25)15-11-16-14(10-13(4)26-16)23(15)17(7-3)20-22/h10-11H,5-9,12H2,1-4H3. The number of hydrogen-bond donors (Lipinski definition) is 0. The van der Waals surface area contributed by atoms with Crippen molar-refractivity contribution in [2.45, 2.75) is 53.5 Å². The van der Waals surface area contributed by atoms with Gasteiger partial charge in [-0.05, 0) is 31.9 Å². The molecule has 3 heterocycles. The van der Waals surface area contributed by atoms with E-state index >= 15 is 0 Å². The number of thiophene rings is 1. The van der Waals surface area contributed by atoms with Crippen LogP contribution in [0.1, 0.15) is 44.3 Å². The van der Waals surface area contributed by atoms with Crippen LogP contribution >= 0.6 is 11.3 Å². The molecule has 140 valence electrons. The van der Waals surface area contributed by atoms with Gasteiger partial charge in [-0.1, -0.05) is 20.8 Å². The number of nitrogens with zero attached hydrogens (tertiary/aromatic N) is 4. The zero-order chi connectivity index (χ0) is 18.8. The van der Waals surface area contributed by atoms with E-state index in [4.69, 9.17) is 0 Å². The first-order valence-corrected chi connectivity index (χ1v) is 10.1. The summed E-state index contributed by atoms with van der Waals surface area (Å²) in [7, 11) is 0. The molecule has 3 rings (SSSR count). The van der Waals surface area contributed by atoms with E-state index in [-0.39, 0.29) is 18.0 Å². The summed E-state index contributed by atoms with van der Waals surface area (Å²) in [4.78, 5) is 28.6. The molecule has 0 fully saturated rings. The first-order chi connectivity index (χ1) is 12.5. The maximum Gasteiger partial charge on any atom is 0.291 e. The van der Waals surface area contributed by atoms with Gasteiger partial charge < -0.3 is 4.90 Å². The molecule has 0 bridgehead atoms. The summed E-state index contributed by atoms with van der Waals surface area (Å²) >= 11 is 1.67. The largest absolute Gasteiger partial charge is 0.341 e. The summed E-state index contributed by atoms with van der Waals surface area (Å²) in [5, 5.41) is 4.52. The zero-order valence-electron chi connectivity index (χ0n) is 15.9. The van der Waals surface area contributed by atoms with Crippen LogP contribution in [0.4, 0.5) is 0 Å². The van der Waals surface area contributed by atoms with E-state index < -0.39 is 0 Å². The third kappa shape index (κ3) is 3.28. The predicted molar refractivity (Wildman–Crippen MR) is 106 cm³/mol. The Balaban J connectivity index is 2.05. The van der Waals surface area contributed by atoms with Gasteiger partial charge in [0.15, 0.2) is 0 Å². The van der Waals surface area contributed by atoms with Crippen molar-refractivity contribution in [2.75, 3.05) is 13.1 Å². The summed E-state index contributed by atoms with van der Waals surface area (Å²) in [5.74, 6) is 0.761. The molecular formula is C19H26N4O2S. The second-order valence-electron chi connectivity index (χ2n) is 6.58. The van der Waals surface area contributed by atoms with Crippen LogP contribution in [0.15, 0.2) is 16.9 Å². The van der Waals surface area contributed by atoms with Crippen LogP contribution in [0.25, 0.3) is 15.7 Å². The molecule has 0 aliphatic rings. The Labute approximate surface area is 157 Å². The number of hydrogen-bond acceptors (Lipinski definition) is 4. The van der Waals surface area contributed by atoms with Gasteiger partial charge in [0.05, 0.1) is 10.2 Å². The van der Waals surface area contributed by atoms with Gasteiger partial charge in [0.25, 0.3) is 5.56 Å². The van der Waals surface area contributed by atoms with Gasteiger partial charge in [0, 0.05) is 24.4 Å². The molecule has 3 aromatic heterocycles. The molecule has 6 nitrogen and oxygen atoms in total. The minimum atomic E-state index is -0.204. The van der Waals surface area contributed by atoms with Crippen molar-refractivity contribution >= 4 is 33.0 Å². The normalized spacial score (nSPS) is 11.5. The Kier molecular flexibility index (Phi) is 5.46. The Morgan fingerprint density at radius 1 is 1.15 bits per heavy atom. The van der Waals surface area contributed by atoms with Crippen molar-refractivity contribution in [3.8, 4) is 0 Å². The maximum absolute atomic E-state index is 12.9. The first-order valence-electron chi connectivity index (χ1n) is 9.29. The lowest BCUT2D eigenvalue weighted by atomic mass is 10.3. The number of amides is 1. The summed E-state index contributed by atoms with van der Waals surface area (Å²) in [6.45, 7) is 9.61. The Morgan fingerprint density at radius 3 is 2.46 bits per heavy atom. The van der Waals surface area contributed by atoms with Crippen LogP contribution in [0, 0.1) is 6.92 Å². The highest BCUT2D eigenvalue weighted by molar-refractivity contribution is 7.19. The second-order valence-corrected chi connectivity index (χ2v) is 7.87. The highest BCUT2D eigenvalue weighted by atomic mass is 32.1. The minimum absolute atomic E-state index is 0.000188. The molecule has 7 heteroatoms. The lowest BCUT2D eigenvalue weighted by Crippen LogP contribution is -2.39. The van der Waals surface area contributed by atoms with Crippen LogP contribution in [0.5, 0.6) is 0 Å². The molecule has 26 heavy (non-hydrogen) atoms. The van der Waals surface area contributed by atoms with Crippen molar-refractivity contribution in [1.29, 1.82) is 0 Å². The summed E-state index contributed by atoms with van der Waals surface area (Å²) < 4.78 is 4.36. The van der Waals surface area contributed by atoms with E-state index in [1.54, 1.807) is 11.3 Å². The Bertz CT molecular complexity index is 992. The van der Waals surface area contributed by atoms with Crippen LogP contribution in [0.3, 0.4) is 0 Å². The quantitative estimate of drug-likeness (QED) is 0.638. The minimum Gasteiger partial charge on any atom is -0.341 e. The van der Waals surface area contributed by atoms with E-state index in [9.17, 15) is 9.59 Å². The van der Waals surface area contributed by atoms with Crippen molar-refractivity contribution < 1.29 is 4.79 Å². The van der Waals surface area contributed by atoms with Gasteiger partial charge in [0.1, 0.15) is 17.9 Å². The number of carbonyl (C=O) groups excluding carboxylic acids is 1. The lowest BCUT2D eigenvalue weighted by Gasteiger charge is -2.21. The van der Waals surface area contributed by atoms with Gasteiger partial charge in [0.2, 0.25) is 5.91 Å². The molecule has 0 saturated carbocycles. The third-order valence-electron chi connectivity index (χ3n) is 4.50. The van der Waals surface area contributed by atoms with Crippen molar-refractivity contribution in [3.05, 3.63) is 33.2 Å². The third-order valence-corrected chi connectivity index (χ3v) is 5.49. The smallest absolute Gasteiger partial charge is 0.291 e. The second kappa shape index (κ2) is 7.61. The van der Waals surface area contributed by atoms with Crippen LogP contribution in [-0.2, 0) is 17.8 Å². The van der Waals surface area contributed by atoms with E-state index in [2.05, 4.69) is 31.9 Å². The molecule has 0 unspecified atom stereocenters. The summed E-state index contributed by atoms with van der Waals surface area (Å²) in [5.41, 5.74) is 1.43. The molecule has 0 aliphatic heterocycles. The van der Waals surface area contributed by atoms with E-state index in [1.165, 1.54) is 9.56 Å². The monoisotopic (exact) mass is 374 g/mol. The lowest BCUT2D eigenvalue weighted by molar-refractivity contribution is -0.132. The van der Waals surface area contributed by atoms with Crippen LogP contribution in [-0.4, -0.2) is 38.1 Å². The van der Waals surface area contributed by atoms with Gasteiger partial charge in [-0.3, -0.25) is 14.0 Å². The molecule has 0 N–H and O–H groups in total. The predicted octanol–water partition coefficient (Wildman–Crippen LogP) is 3.23. The fourth-order valence-corrected chi connectivity index (χ4v) is 4.32. The highest BCUT2D eigenvalue weighted by Crippen LogP contribution is 2.28. The zero-order valence-corrected chi connectivity index (χ0v) is 16.7. The fourth-order valence-electron chi connectivity index (χ4n) is 3.38. The molecule has 0 radical (unpaired) electrons. The molecule has 3 aromatic rings. The average Bonchev–Trinajstić information content (AvgIpc) is 3.13. The molecule has 1 amide bonds. The number of aromatic nitrogens is 3. The maximum atomic E-state index is 12.9. The Hall–Kier alpha value is -2.15. The van der Waals surface area contributed by atoms with E-state index in [0.29, 0.717) is 25.0 Å². The molecule has 0 atom stereocenters. The average molecular weight is 375 g/mol. The molecular weight excluding hydrogens is 348 g/mol. The topological polar surface area (TPSA) is 59.6 Å². The number of aryl methyl sites for hydroxylation is 2. The molecule has 0 aliphatic carbocycles. The molecule has 0 spiro atoms. The molecule has 0 saturated heterocycles. The van der Waals surface area contributed by atoms with Crippen molar-refractivity contribution in [2.24, 2.45) is 0 Å². The van der Waals surface area contributed by atoms with E-state index in [1.807, 2.05) is 22.3 Å². The first kappa shape index (κ1) is 18.6. The van der Waals surface area contributed by atoms with Crippen LogP contribution in [0.2, 0.25) is 0 Å². The SMILES string of the molecule is CCCN(CCC)C(=O)Cn1nc(CC)n2c(cc3sc(C)cc32)c1=O. The molecule has 0 aromatic carbocycles. The Morgan fingerprint density at radius 2 is 1.85 bits per heavy atom. The van der Waals surface area contributed by atoms with Gasteiger partial charge in [-0.15, -0.1) is 11.3 Å². The van der Waals surface area contributed by atoms with Crippen molar-refractivity contribution in [1.82, 2.24) is 19.1 Å². The van der Waals surface area contributed by atoms with Crippen molar-refractivity contribution in [3.63, 3.8) is 0 Å². The number of carbonyl (C=O) groups is 1. The highest BCUT2D eigenvalue weighted by Gasteiger charge is 2.18. The van der Waals surface area contributed by atoms with Gasteiger partial charge in [-0.25, -0.2) is 4.68 Å². The van der Waals surface area contributed by atoms with Gasteiger partial charge >= 0.3 is 0 Å². The summed E-state index contributed by atoms with van der Waals surface area (Å²) in [6.07, 6.45) is 2.50. The van der Waals surface area contributed by atoms with E-state index in [0.717, 1.165) is 28.9 Å².